The Labute approximate surface area is 152 Å². The van der Waals surface area contributed by atoms with Gasteiger partial charge in [-0.2, -0.15) is 0 Å². The predicted molar refractivity (Wildman–Crippen MR) is 94.8 cm³/mol. The van der Waals surface area contributed by atoms with Gasteiger partial charge in [0.25, 0.3) is 0 Å². The maximum absolute atomic E-state index is 13.7. The normalized spacial score (nSPS) is 21.2. The van der Waals surface area contributed by atoms with Crippen molar-refractivity contribution >= 4 is 12.0 Å². The summed E-state index contributed by atoms with van der Waals surface area (Å²) in [4.78, 5) is 27.0. The Morgan fingerprint density at radius 2 is 2.08 bits per heavy atom. The second kappa shape index (κ2) is 8.31. The van der Waals surface area contributed by atoms with E-state index in [0.717, 1.165) is 25.9 Å². The van der Waals surface area contributed by atoms with Crippen LogP contribution in [0.5, 0.6) is 0 Å². The first kappa shape index (κ1) is 18.4. The lowest BCUT2D eigenvalue weighted by atomic mass is 9.94. The van der Waals surface area contributed by atoms with E-state index in [2.05, 4.69) is 15.5 Å². The molecule has 0 radical (unpaired) electrons. The number of urea groups is 1. The minimum absolute atomic E-state index is 0.225. The van der Waals surface area contributed by atoms with Crippen LogP contribution >= 0.6 is 0 Å². The van der Waals surface area contributed by atoms with Crippen molar-refractivity contribution in [1.82, 2.24) is 15.5 Å². The van der Waals surface area contributed by atoms with E-state index in [1.165, 1.54) is 18.6 Å². The van der Waals surface area contributed by atoms with E-state index in [0.29, 0.717) is 23.4 Å². The number of rotatable bonds is 5. The van der Waals surface area contributed by atoms with Crippen LogP contribution in [0.3, 0.4) is 0 Å². The average Bonchev–Trinajstić information content (AvgIpc) is 2.62. The zero-order valence-electron chi connectivity index (χ0n) is 14.9. The van der Waals surface area contributed by atoms with E-state index >= 15 is 0 Å². The fourth-order valence-corrected chi connectivity index (χ4v) is 3.47. The summed E-state index contributed by atoms with van der Waals surface area (Å²) >= 11 is 0. The molecule has 0 aliphatic carbocycles. The number of amides is 2. The largest absolute Gasteiger partial charge is 0.463 e. The van der Waals surface area contributed by atoms with Gasteiger partial charge in [0.2, 0.25) is 0 Å². The molecule has 6 nitrogen and oxygen atoms in total. The maximum atomic E-state index is 13.7. The molecule has 2 amide bonds. The van der Waals surface area contributed by atoms with E-state index in [4.69, 9.17) is 4.74 Å². The molecule has 0 bridgehead atoms. The zero-order chi connectivity index (χ0) is 18.5. The molecule has 0 saturated carbocycles. The summed E-state index contributed by atoms with van der Waals surface area (Å²) in [5.41, 5.74) is 1.38. The number of hydrogen-bond acceptors (Lipinski definition) is 4. The molecular weight excluding hydrogens is 337 g/mol. The Hall–Kier alpha value is -2.41. The number of carbonyl (C=O) groups is 2. The second-order valence-corrected chi connectivity index (χ2v) is 6.54. The molecule has 0 aromatic heterocycles. The lowest BCUT2D eigenvalue weighted by Crippen LogP contribution is -2.49. The number of nitrogens with zero attached hydrogens (tertiary/aromatic N) is 1. The number of ether oxygens (including phenoxy) is 1. The summed E-state index contributed by atoms with van der Waals surface area (Å²) in [6, 6.07) is 4.77. The van der Waals surface area contributed by atoms with Gasteiger partial charge >= 0.3 is 12.0 Å². The minimum atomic E-state index is -0.738. The van der Waals surface area contributed by atoms with Crippen LogP contribution in [-0.4, -0.2) is 43.1 Å². The highest BCUT2D eigenvalue weighted by Gasteiger charge is 2.34. The molecular formula is C19H24FN3O3. The number of carbonyl (C=O) groups excluding carboxylic acids is 2. The zero-order valence-corrected chi connectivity index (χ0v) is 14.9. The van der Waals surface area contributed by atoms with Gasteiger partial charge in [0.15, 0.2) is 0 Å². The summed E-state index contributed by atoms with van der Waals surface area (Å²) in [5.74, 6) is -0.919. The van der Waals surface area contributed by atoms with Gasteiger partial charge in [0.05, 0.1) is 18.2 Å². The van der Waals surface area contributed by atoms with Crippen molar-refractivity contribution in [3.63, 3.8) is 0 Å². The Morgan fingerprint density at radius 3 is 2.77 bits per heavy atom. The first-order chi connectivity index (χ1) is 12.6. The molecule has 0 unspecified atom stereocenters. The Balaban J connectivity index is 1.98. The fraction of sp³-hybridized carbons (Fsp3) is 0.474. The van der Waals surface area contributed by atoms with E-state index in [1.807, 2.05) is 0 Å². The number of esters is 1. The highest BCUT2D eigenvalue weighted by molar-refractivity contribution is 5.95. The first-order valence-corrected chi connectivity index (χ1v) is 9.04. The van der Waals surface area contributed by atoms with Crippen LogP contribution in [0.15, 0.2) is 35.5 Å². The molecule has 1 aromatic carbocycles. The smallest absolute Gasteiger partial charge is 0.338 e. The standard InChI is InChI=1S/C19H24FN3O3/c1-2-26-18(24)16-15(12-23-9-4-3-5-10-23)21-19(25)22-17(16)13-7-6-8-14(20)11-13/h6-8,11,17H,2-5,9-10,12H2,1H3,(H2,21,22,25)/t17-/m0/s1. The van der Waals surface area contributed by atoms with E-state index in [1.54, 1.807) is 19.1 Å². The number of nitrogens with one attached hydrogen (secondary N) is 2. The van der Waals surface area contributed by atoms with Crippen LogP contribution in [0.25, 0.3) is 0 Å². The molecule has 2 aliphatic heterocycles. The topological polar surface area (TPSA) is 70.7 Å². The number of piperidine rings is 1. The monoisotopic (exact) mass is 361 g/mol. The molecule has 1 fully saturated rings. The first-order valence-electron chi connectivity index (χ1n) is 9.04. The molecule has 3 rings (SSSR count). The molecule has 2 aliphatic rings. The molecule has 7 heteroatoms. The number of halogens is 1. The van der Waals surface area contributed by atoms with E-state index < -0.39 is 23.9 Å². The van der Waals surface area contributed by atoms with Crippen molar-refractivity contribution in [3.8, 4) is 0 Å². The van der Waals surface area contributed by atoms with Gasteiger partial charge in [-0.05, 0) is 50.6 Å². The van der Waals surface area contributed by atoms with Crippen molar-refractivity contribution in [2.45, 2.75) is 32.2 Å². The van der Waals surface area contributed by atoms with Crippen LogP contribution in [0, 0.1) is 5.82 Å². The summed E-state index contributed by atoms with van der Waals surface area (Å²) in [6.07, 6.45) is 3.39. The van der Waals surface area contributed by atoms with Crippen molar-refractivity contribution in [2.75, 3.05) is 26.2 Å². The van der Waals surface area contributed by atoms with E-state index in [-0.39, 0.29) is 6.61 Å². The van der Waals surface area contributed by atoms with Crippen LogP contribution in [0.1, 0.15) is 37.8 Å². The quantitative estimate of drug-likeness (QED) is 0.791. The van der Waals surface area contributed by atoms with Gasteiger partial charge < -0.3 is 15.4 Å². The lowest BCUT2D eigenvalue weighted by molar-refractivity contribution is -0.139. The van der Waals surface area contributed by atoms with Crippen LogP contribution in [0.2, 0.25) is 0 Å². The van der Waals surface area contributed by atoms with Crippen molar-refractivity contribution in [3.05, 3.63) is 46.9 Å². The van der Waals surface area contributed by atoms with Gasteiger partial charge in [-0.15, -0.1) is 0 Å². The SMILES string of the molecule is CCOC(=O)C1=C(CN2CCCCC2)NC(=O)N[C@H]1c1cccc(F)c1. The van der Waals surface area contributed by atoms with Gasteiger partial charge in [-0.25, -0.2) is 14.0 Å². The third-order valence-electron chi connectivity index (χ3n) is 4.66. The molecule has 1 saturated heterocycles. The van der Waals surface area contributed by atoms with Crippen molar-refractivity contribution < 1.29 is 18.7 Å². The second-order valence-electron chi connectivity index (χ2n) is 6.54. The molecule has 2 N–H and O–H groups in total. The summed E-state index contributed by atoms with van der Waals surface area (Å²) < 4.78 is 18.9. The molecule has 0 spiro atoms. The predicted octanol–water partition coefficient (Wildman–Crippen LogP) is 2.48. The van der Waals surface area contributed by atoms with Gasteiger partial charge in [0.1, 0.15) is 5.82 Å². The van der Waals surface area contributed by atoms with E-state index in [9.17, 15) is 14.0 Å². The number of likely N-dealkylation sites (tertiary alicyclic amines) is 1. The third-order valence-corrected chi connectivity index (χ3v) is 4.66. The Morgan fingerprint density at radius 1 is 1.31 bits per heavy atom. The Bertz CT molecular complexity index is 714. The highest BCUT2D eigenvalue weighted by atomic mass is 19.1. The van der Waals surface area contributed by atoms with Crippen molar-refractivity contribution in [1.29, 1.82) is 0 Å². The van der Waals surface area contributed by atoms with Gasteiger partial charge in [0, 0.05) is 12.2 Å². The molecule has 26 heavy (non-hydrogen) atoms. The highest BCUT2D eigenvalue weighted by Crippen LogP contribution is 2.29. The van der Waals surface area contributed by atoms with Crippen LogP contribution in [-0.2, 0) is 9.53 Å². The summed E-state index contributed by atoms with van der Waals surface area (Å²) in [5, 5.41) is 5.48. The van der Waals surface area contributed by atoms with Crippen LogP contribution in [0.4, 0.5) is 9.18 Å². The maximum Gasteiger partial charge on any atom is 0.338 e. The Kier molecular flexibility index (Phi) is 5.88. The third kappa shape index (κ3) is 4.22. The average molecular weight is 361 g/mol. The lowest BCUT2D eigenvalue weighted by Gasteiger charge is -2.33. The van der Waals surface area contributed by atoms with Crippen molar-refractivity contribution in [2.24, 2.45) is 0 Å². The van der Waals surface area contributed by atoms with Crippen LogP contribution < -0.4 is 10.6 Å². The molecule has 1 aromatic rings. The summed E-state index contributed by atoms with van der Waals surface area (Å²) in [6.45, 7) is 4.27. The fourth-order valence-electron chi connectivity index (χ4n) is 3.47. The van der Waals surface area contributed by atoms with Gasteiger partial charge in [-0.1, -0.05) is 18.6 Å². The minimum Gasteiger partial charge on any atom is -0.463 e. The summed E-state index contributed by atoms with van der Waals surface area (Å²) in [7, 11) is 0. The molecule has 140 valence electrons. The number of hydrogen-bond donors (Lipinski definition) is 2. The molecule has 1 atom stereocenters. The molecule has 2 heterocycles. The number of benzene rings is 1. The van der Waals surface area contributed by atoms with Gasteiger partial charge in [-0.3, -0.25) is 4.90 Å².